The maximum absolute atomic E-state index is 10.9. The lowest BCUT2D eigenvalue weighted by molar-refractivity contribution is 0.0696. The standard InChI is InChI=1S/C14H10N2O4S/c17-14(18)9-3-1-4-10(7-9)19-8-12-15-13(20-16-12)11-5-2-6-21-11/h1-7H,8H2,(H,17,18). The molecule has 0 saturated heterocycles. The summed E-state index contributed by atoms with van der Waals surface area (Å²) >= 11 is 1.51. The van der Waals surface area contributed by atoms with Crippen molar-refractivity contribution < 1.29 is 19.2 Å². The van der Waals surface area contributed by atoms with E-state index in [0.717, 1.165) is 4.88 Å². The van der Waals surface area contributed by atoms with Crippen molar-refractivity contribution in [3.63, 3.8) is 0 Å². The Labute approximate surface area is 123 Å². The normalized spacial score (nSPS) is 10.5. The van der Waals surface area contributed by atoms with E-state index in [-0.39, 0.29) is 12.2 Å². The molecular weight excluding hydrogens is 292 g/mol. The number of benzene rings is 1. The van der Waals surface area contributed by atoms with Crippen molar-refractivity contribution in [2.75, 3.05) is 0 Å². The topological polar surface area (TPSA) is 85.5 Å². The number of thiophene rings is 1. The molecule has 106 valence electrons. The molecule has 6 nitrogen and oxygen atoms in total. The highest BCUT2D eigenvalue weighted by Crippen LogP contribution is 2.22. The number of aromatic carboxylic acids is 1. The number of ether oxygens (including phenoxy) is 1. The van der Waals surface area contributed by atoms with E-state index in [1.807, 2.05) is 17.5 Å². The van der Waals surface area contributed by atoms with Crippen LogP contribution in [0.25, 0.3) is 10.8 Å². The van der Waals surface area contributed by atoms with E-state index in [0.29, 0.717) is 17.5 Å². The van der Waals surface area contributed by atoms with Crippen LogP contribution in [0.4, 0.5) is 0 Å². The summed E-state index contributed by atoms with van der Waals surface area (Å²) in [5.74, 6) is 0.291. The molecule has 0 spiro atoms. The Morgan fingerprint density at radius 2 is 2.24 bits per heavy atom. The Bertz CT molecular complexity index is 752. The summed E-state index contributed by atoms with van der Waals surface area (Å²) in [6.45, 7) is 0.109. The highest BCUT2D eigenvalue weighted by molar-refractivity contribution is 7.13. The minimum atomic E-state index is -1.00. The predicted octanol–water partition coefficient (Wildman–Crippen LogP) is 3.08. The molecule has 0 amide bonds. The van der Waals surface area contributed by atoms with Crippen LogP contribution in [-0.4, -0.2) is 21.2 Å². The number of hydrogen-bond donors (Lipinski definition) is 1. The monoisotopic (exact) mass is 302 g/mol. The molecule has 21 heavy (non-hydrogen) atoms. The third-order valence-electron chi connectivity index (χ3n) is 2.65. The number of carboxylic acids is 1. The van der Waals surface area contributed by atoms with Gasteiger partial charge in [-0.2, -0.15) is 4.98 Å². The second-order valence-electron chi connectivity index (χ2n) is 4.11. The van der Waals surface area contributed by atoms with E-state index in [9.17, 15) is 4.79 Å². The van der Waals surface area contributed by atoms with Gasteiger partial charge in [-0.25, -0.2) is 4.79 Å². The molecule has 0 saturated carbocycles. The molecule has 0 fully saturated rings. The summed E-state index contributed by atoms with van der Waals surface area (Å²) in [4.78, 5) is 16.0. The second-order valence-corrected chi connectivity index (χ2v) is 5.06. The minimum absolute atomic E-state index is 0.109. The van der Waals surface area contributed by atoms with Gasteiger partial charge in [0.2, 0.25) is 5.82 Å². The van der Waals surface area contributed by atoms with Crippen LogP contribution in [0, 0.1) is 0 Å². The van der Waals surface area contributed by atoms with Crippen molar-refractivity contribution in [1.82, 2.24) is 10.1 Å². The maximum Gasteiger partial charge on any atom is 0.335 e. The van der Waals surface area contributed by atoms with Crippen LogP contribution >= 0.6 is 11.3 Å². The van der Waals surface area contributed by atoms with Crippen LogP contribution in [0.15, 0.2) is 46.3 Å². The van der Waals surface area contributed by atoms with E-state index < -0.39 is 5.97 Å². The number of carboxylic acid groups (broad SMARTS) is 1. The molecule has 0 bridgehead atoms. The Hall–Kier alpha value is -2.67. The van der Waals surface area contributed by atoms with E-state index in [1.54, 1.807) is 12.1 Å². The molecule has 2 aromatic heterocycles. The molecule has 0 radical (unpaired) electrons. The zero-order valence-electron chi connectivity index (χ0n) is 10.7. The molecule has 3 rings (SSSR count). The highest BCUT2D eigenvalue weighted by atomic mass is 32.1. The molecular formula is C14H10N2O4S. The van der Waals surface area contributed by atoms with Gasteiger partial charge in [0.05, 0.1) is 10.4 Å². The molecule has 7 heteroatoms. The molecule has 0 aliphatic rings. The summed E-state index contributed by atoms with van der Waals surface area (Å²) < 4.78 is 10.6. The number of rotatable bonds is 5. The molecule has 2 heterocycles. The largest absolute Gasteiger partial charge is 0.485 e. The third kappa shape index (κ3) is 3.09. The Kier molecular flexibility index (Phi) is 3.65. The highest BCUT2D eigenvalue weighted by Gasteiger charge is 2.10. The number of hydrogen-bond acceptors (Lipinski definition) is 6. The van der Waals surface area contributed by atoms with E-state index in [2.05, 4.69) is 10.1 Å². The predicted molar refractivity (Wildman–Crippen MR) is 75.3 cm³/mol. The van der Waals surface area contributed by atoms with E-state index >= 15 is 0 Å². The Balaban J connectivity index is 1.68. The fraction of sp³-hybridized carbons (Fsp3) is 0.0714. The van der Waals surface area contributed by atoms with Crippen LogP contribution in [0.5, 0.6) is 5.75 Å². The second kappa shape index (κ2) is 5.76. The average Bonchev–Trinajstić information content (AvgIpc) is 3.16. The minimum Gasteiger partial charge on any atom is -0.485 e. The van der Waals surface area contributed by atoms with Crippen LogP contribution < -0.4 is 4.74 Å². The van der Waals surface area contributed by atoms with Gasteiger partial charge in [-0.1, -0.05) is 17.3 Å². The van der Waals surface area contributed by atoms with Crippen LogP contribution in [0.1, 0.15) is 16.2 Å². The molecule has 0 aliphatic heterocycles. The number of nitrogens with zero attached hydrogens (tertiary/aromatic N) is 2. The Morgan fingerprint density at radius 3 is 3.00 bits per heavy atom. The summed E-state index contributed by atoms with van der Waals surface area (Å²) in [5.41, 5.74) is 0.167. The number of carbonyl (C=O) groups is 1. The fourth-order valence-electron chi connectivity index (χ4n) is 1.68. The lowest BCUT2D eigenvalue weighted by atomic mass is 10.2. The first-order valence-electron chi connectivity index (χ1n) is 6.05. The van der Waals surface area contributed by atoms with Gasteiger partial charge >= 0.3 is 5.97 Å². The van der Waals surface area contributed by atoms with Crippen molar-refractivity contribution in [3.05, 3.63) is 53.2 Å². The summed E-state index contributed by atoms with van der Waals surface area (Å²) in [7, 11) is 0. The van der Waals surface area contributed by atoms with Crippen LogP contribution in [0.3, 0.4) is 0 Å². The first-order chi connectivity index (χ1) is 10.2. The van der Waals surface area contributed by atoms with Crippen LogP contribution in [-0.2, 0) is 6.61 Å². The van der Waals surface area contributed by atoms with E-state index in [4.69, 9.17) is 14.4 Å². The summed E-state index contributed by atoms with van der Waals surface area (Å²) in [6.07, 6.45) is 0. The van der Waals surface area contributed by atoms with Gasteiger partial charge in [0.25, 0.3) is 5.89 Å². The Morgan fingerprint density at radius 1 is 1.33 bits per heavy atom. The molecule has 0 unspecified atom stereocenters. The quantitative estimate of drug-likeness (QED) is 0.779. The van der Waals surface area contributed by atoms with Crippen molar-refractivity contribution in [1.29, 1.82) is 0 Å². The maximum atomic E-state index is 10.9. The first kappa shape index (κ1) is 13.3. The third-order valence-corrected chi connectivity index (χ3v) is 3.51. The first-order valence-corrected chi connectivity index (χ1v) is 6.93. The zero-order valence-corrected chi connectivity index (χ0v) is 11.5. The van der Waals surface area contributed by atoms with Crippen molar-refractivity contribution >= 4 is 17.3 Å². The molecule has 3 aromatic rings. The molecule has 0 atom stereocenters. The molecule has 1 aromatic carbocycles. The molecule has 1 N–H and O–H groups in total. The van der Waals surface area contributed by atoms with Gasteiger partial charge < -0.3 is 14.4 Å². The smallest absolute Gasteiger partial charge is 0.335 e. The van der Waals surface area contributed by atoms with Gasteiger partial charge in [0.1, 0.15) is 5.75 Å². The summed E-state index contributed by atoms with van der Waals surface area (Å²) in [6, 6.07) is 10.0. The lowest BCUT2D eigenvalue weighted by Crippen LogP contribution is -2.00. The van der Waals surface area contributed by atoms with Gasteiger partial charge in [-0.05, 0) is 29.6 Å². The average molecular weight is 302 g/mol. The fourth-order valence-corrected chi connectivity index (χ4v) is 2.32. The van der Waals surface area contributed by atoms with E-state index in [1.165, 1.54) is 23.5 Å². The zero-order chi connectivity index (χ0) is 14.7. The van der Waals surface area contributed by atoms with Crippen molar-refractivity contribution in [3.8, 4) is 16.5 Å². The van der Waals surface area contributed by atoms with Crippen LogP contribution in [0.2, 0.25) is 0 Å². The van der Waals surface area contributed by atoms with Crippen molar-refractivity contribution in [2.24, 2.45) is 0 Å². The van der Waals surface area contributed by atoms with Crippen molar-refractivity contribution in [2.45, 2.75) is 6.61 Å². The van der Waals surface area contributed by atoms with Gasteiger partial charge in [0.15, 0.2) is 6.61 Å². The summed E-state index contributed by atoms with van der Waals surface area (Å²) in [5, 5.41) is 14.7. The van der Waals surface area contributed by atoms with Gasteiger partial charge in [-0.15, -0.1) is 11.3 Å². The SMILES string of the molecule is O=C(O)c1cccc(OCc2noc(-c3cccs3)n2)c1. The lowest BCUT2D eigenvalue weighted by Gasteiger charge is -2.03. The van der Waals surface area contributed by atoms with Gasteiger partial charge in [0, 0.05) is 0 Å². The van der Waals surface area contributed by atoms with Gasteiger partial charge in [-0.3, -0.25) is 0 Å². The number of aromatic nitrogens is 2. The molecule has 0 aliphatic carbocycles.